The summed E-state index contributed by atoms with van der Waals surface area (Å²) in [5.41, 5.74) is -0.112. The van der Waals surface area contributed by atoms with E-state index in [0.717, 1.165) is 16.4 Å². The number of sulfonamides is 1. The molecule has 0 spiro atoms. The third-order valence-electron chi connectivity index (χ3n) is 2.46. The highest BCUT2D eigenvalue weighted by Crippen LogP contribution is 2.34. The van der Waals surface area contributed by atoms with E-state index in [1.807, 2.05) is 0 Å². The van der Waals surface area contributed by atoms with Crippen molar-refractivity contribution in [3.8, 4) is 0 Å². The van der Waals surface area contributed by atoms with Crippen LogP contribution in [0, 0.1) is 5.82 Å². The summed E-state index contributed by atoms with van der Waals surface area (Å²) in [5, 5.41) is 0. The molecule has 1 amide bonds. The molecule has 0 saturated heterocycles. The van der Waals surface area contributed by atoms with Gasteiger partial charge in [-0.25, -0.2) is 17.1 Å². The fourth-order valence-electron chi connectivity index (χ4n) is 1.76. The summed E-state index contributed by atoms with van der Waals surface area (Å²) < 4.78 is 38.2. The molecule has 0 saturated carbocycles. The second-order valence-electron chi connectivity index (χ2n) is 3.96. The summed E-state index contributed by atoms with van der Waals surface area (Å²) in [5.74, 6) is -1.33. The minimum absolute atomic E-state index is 0.0261. The average molecular weight is 322 g/mol. The molecule has 17 heavy (non-hydrogen) atoms. The van der Waals surface area contributed by atoms with Crippen LogP contribution in [0.1, 0.15) is 24.2 Å². The second-order valence-corrected chi connectivity index (χ2v) is 6.60. The highest BCUT2D eigenvalue weighted by atomic mass is 79.9. The van der Waals surface area contributed by atoms with E-state index in [-0.39, 0.29) is 14.9 Å². The monoisotopic (exact) mass is 321 g/mol. The topological polar surface area (TPSA) is 54.5 Å². The number of hydrogen-bond donors (Lipinski definition) is 0. The molecule has 0 fully saturated rings. The van der Waals surface area contributed by atoms with E-state index < -0.39 is 27.8 Å². The van der Waals surface area contributed by atoms with Crippen LogP contribution in [0.25, 0.3) is 0 Å². The number of amides is 1. The van der Waals surface area contributed by atoms with Crippen molar-refractivity contribution in [2.45, 2.75) is 24.8 Å². The van der Waals surface area contributed by atoms with Crippen LogP contribution in [0.3, 0.4) is 0 Å². The van der Waals surface area contributed by atoms with Gasteiger partial charge in [-0.05, 0) is 41.9 Å². The zero-order chi connectivity index (χ0) is 13.0. The first-order valence-electron chi connectivity index (χ1n) is 4.84. The number of carbonyl (C=O) groups excluding carboxylic acids is 1. The van der Waals surface area contributed by atoms with E-state index in [4.69, 9.17) is 0 Å². The Balaban J connectivity index is 2.76. The van der Waals surface area contributed by atoms with Crippen molar-refractivity contribution < 1.29 is 17.6 Å². The largest absolute Gasteiger partial charge is 0.269 e. The maximum Gasteiger partial charge on any atom is 0.269 e. The summed E-state index contributed by atoms with van der Waals surface area (Å²) >= 11 is 2.91. The van der Waals surface area contributed by atoms with Crippen molar-refractivity contribution in [2.75, 3.05) is 0 Å². The number of nitrogens with zero attached hydrogens (tertiary/aromatic N) is 1. The quantitative estimate of drug-likeness (QED) is 0.796. The van der Waals surface area contributed by atoms with Gasteiger partial charge in [-0.3, -0.25) is 4.79 Å². The van der Waals surface area contributed by atoms with E-state index in [9.17, 15) is 17.6 Å². The van der Waals surface area contributed by atoms with Crippen molar-refractivity contribution >= 4 is 31.9 Å². The van der Waals surface area contributed by atoms with Crippen LogP contribution >= 0.6 is 15.9 Å². The molecule has 0 bridgehead atoms. The molecule has 1 heterocycles. The molecular weight excluding hydrogens is 313 g/mol. The van der Waals surface area contributed by atoms with Crippen LogP contribution in [0.15, 0.2) is 21.5 Å². The van der Waals surface area contributed by atoms with Gasteiger partial charge in [0.2, 0.25) is 0 Å². The molecule has 0 aliphatic carbocycles. The summed E-state index contributed by atoms with van der Waals surface area (Å²) in [7, 11) is -3.85. The van der Waals surface area contributed by atoms with Crippen molar-refractivity contribution in [2.24, 2.45) is 0 Å². The predicted molar refractivity (Wildman–Crippen MR) is 62.6 cm³/mol. The molecule has 0 N–H and O–H groups in total. The Morgan fingerprint density at radius 2 is 1.94 bits per heavy atom. The van der Waals surface area contributed by atoms with Gasteiger partial charge in [0, 0.05) is 6.04 Å². The third-order valence-corrected chi connectivity index (χ3v) is 5.07. The zero-order valence-electron chi connectivity index (χ0n) is 9.07. The maximum absolute atomic E-state index is 13.3. The first kappa shape index (κ1) is 12.5. The Hall–Kier alpha value is -0.950. The molecule has 7 heteroatoms. The van der Waals surface area contributed by atoms with Crippen LogP contribution in [-0.4, -0.2) is 24.7 Å². The van der Waals surface area contributed by atoms with Crippen molar-refractivity contribution in [1.82, 2.24) is 4.31 Å². The maximum atomic E-state index is 13.3. The van der Waals surface area contributed by atoms with E-state index in [0.29, 0.717) is 0 Å². The van der Waals surface area contributed by atoms with Gasteiger partial charge in [0.1, 0.15) is 10.7 Å². The Bertz CT molecular complexity index is 612. The third kappa shape index (κ3) is 1.68. The number of carbonyl (C=O) groups is 1. The summed E-state index contributed by atoms with van der Waals surface area (Å²) in [4.78, 5) is 11.7. The minimum atomic E-state index is -3.85. The van der Waals surface area contributed by atoms with Gasteiger partial charge in [0.15, 0.2) is 0 Å². The minimum Gasteiger partial charge on any atom is -0.268 e. The standard InChI is InChI=1S/C10H9BrFNO3S/c1-5(2)13-10(14)6-3-8(12)7(11)4-9(6)17(13,15)16/h3-5H,1-2H3. The first-order chi connectivity index (χ1) is 7.76. The SMILES string of the molecule is CC(C)N1C(=O)c2cc(F)c(Br)cc2S1(=O)=O. The smallest absolute Gasteiger partial charge is 0.268 e. The molecule has 1 aromatic carbocycles. The first-order valence-corrected chi connectivity index (χ1v) is 7.08. The highest BCUT2D eigenvalue weighted by Gasteiger charge is 2.43. The van der Waals surface area contributed by atoms with Crippen LogP contribution in [0.5, 0.6) is 0 Å². The lowest BCUT2D eigenvalue weighted by atomic mass is 10.2. The number of fused-ring (bicyclic) bond motifs is 1. The van der Waals surface area contributed by atoms with Gasteiger partial charge in [0.25, 0.3) is 15.9 Å². The molecule has 1 aliphatic heterocycles. The number of rotatable bonds is 1. The van der Waals surface area contributed by atoms with E-state index in [2.05, 4.69) is 15.9 Å². The van der Waals surface area contributed by atoms with Gasteiger partial charge < -0.3 is 0 Å². The van der Waals surface area contributed by atoms with Crippen molar-refractivity contribution in [3.63, 3.8) is 0 Å². The zero-order valence-corrected chi connectivity index (χ0v) is 11.5. The lowest BCUT2D eigenvalue weighted by Gasteiger charge is -2.18. The fraction of sp³-hybridized carbons (Fsp3) is 0.300. The molecule has 1 aromatic rings. The molecule has 4 nitrogen and oxygen atoms in total. The molecule has 92 valence electrons. The Morgan fingerprint density at radius 1 is 1.35 bits per heavy atom. The molecule has 1 aliphatic rings. The van der Waals surface area contributed by atoms with Crippen molar-refractivity contribution in [1.29, 1.82) is 0 Å². The Morgan fingerprint density at radius 3 is 2.47 bits per heavy atom. The van der Waals surface area contributed by atoms with Gasteiger partial charge in [-0.1, -0.05) is 0 Å². The van der Waals surface area contributed by atoms with E-state index >= 15 is 0 Å². The number of halogens is 2. The Labute approximate surface area is 107 Å². The van der Waals surface area contributed by atoms with Crippen LogP contribution in [0.2, 0.25) is 0 Å². The Kier molecular flexibility index (Phi) is 2.78. The lowest BCUT2D eigenvalue weighted by Crippen LogP contribution is -2.36. The van der Waals surface area contributed by atoms with Gasteiger partial charge in [-0.2, -0.15) is 0 Å². The highest BCUT2D eigenvalue weighted by molar-refractivity contribution is 9.10. The predicted octanol–water partition coefficient (Wildman–Crippen LogP) is 2.14. The molecule has 2 rings (SSSR count). The lowest BCUT2D eigenvalue weighted by molar-refractivity contribution is 0.0846. The van der Waals surface area contributed by atoms with Crippen LogP contribution < -0.4 is 0 Å². The van der Waals surface area contributed by atoms with Gasteiger partial charge in [0.05, 0.1) is 10.0 Å². The molecule has 0 aromatic heterocycles. The van der Waals surface area contributed by atoms with E-state index in [1.165, 1.54) is 0 Å². The summed E-state index contributed by atoms with van der Waals surface area (Å²) in [6, 6.07) is 1.57. The molecule has 0 unspecified atom stereocenters. The number of hydrogen-bond acceptors (Lipinski definition) is 3. The van der Waals surface area contributed by atoms with Gasteiger partial charge >= 0.3 is 0 Å². The summed E-state index contributed by atoms with van der Waals surface area (Å²) in [6.07, 6.45) is 0. The van der Waals surface area contributed by atoms with Crippen LogP contribution in [-0.2, 0) is 10.0 Å². The molecule has 0 atom stereocenters. The van der Waals surface area contributed by atoms with Crippen molar-refractivity contribution in [3.05, 3.63) is 28.0 Å². The van der Waals surface area contributed by atoms with E-state index in [1.54, 1.807) is 13.8 Å². The second kappa shape index (κ2) is 3.78. The molecule has 0 radical (unpaired) electrons. The average Bonchev–Trinajstić information content (AvgIpc) is 2.37. The molecular formula is C10H9BrFNO3S. The summed E-state index contributed by atoms with van der Waals surface area (Å²) in [6.45, 7) is 3.18. The number of benzene rings is 1. The van der Waals surface area contributed by atoms with Gasteiger partial charge in [-0.15, -0.1) is 0 Å². The fourth-order valence-corrected chi connectivity index (χ4v) is 4.02. The van der Waals surface area contributed by atoms with Crippen LogP contribution in [0.4, 0.5) is 4.39 Å². The normalized spacial score (nSPS) is 17.7.